The van der Waals surface area contributed by atoms with Gasteiger partial charge in [0.25, 0.3) is 0 Å². The molecule has 1 aromatic heterocycles. The molecule has 1 fully saturated rings. The minimum atomic E-state index is -0.0123. The van der Waals surface area contributed by atoms with Gasteiger partial charge in [-0.2, -0.15) is 0 Å². The van der Waals surface area contributed by atoms with E-state index in [4.69, 9.17) is 4.74 Å². The normalized spacial score (nSPS) is 21.5. The van der Waals surface area contributed by atoms with Crippen LogP contribution in [-0.2, 0) is 11.3 Å². The quantitative estimate of drug-likeness (QED) is 0.833. The number of hydrogen-bond acceptors (Lipinski definition) is 5. The highest BCUT2D eigenvalue weighted by Crippen LogP contribution is 2.28. The number of aromatic nitrogens is 2. The van der Waals surface area contributed by atoms with Gasteiger partial charge in [-0.05, 0) is 33.2 Å². The zero-order valence-corrected chi connectivity index (χ0v) is 14.0. The number of hydrogen-bond donors (Lipinski definition) is 0. The molecule has 2 heterocycles. The molecular formula is C16H28N4O. The highest BCUT2D eigenvalue weighted by molar-refractivity contribution is 5.26. The summed E-state index contributed by atoms with van der Waals surface area (Å²) in [4.78, 5) is 13.2. The summed E-state index contributed by atoms with van der Waals surface area (Å²) in [5.74, 6) is 0.758. The highest BCUT2D eigenvalue weighted by atomic mass is 16.5. The van der Waals surface area contributed by atoms with E-state index in [1.165, 1.54) is 5.56 Å². The molecule has 1 aromatic rings. The molecule has 0 bridgehead atoms. The predicted molar refractivity (Wildman–Crippen MR) is 85.5 cm³/mol. The topological polar surface area (TPSA) is 41.5 Å². The molecule has 5 nitrogen and oxygen atoms in total. The Balaban J connectivity index is 2.01. The van der Waals surface area contributed by atoms with E-state index >= 15 is 0 Å². The molecule has 0 aliphatic carbocycles. The first-order valence-electron chi connectivity index (χ1n) is 7.77. The smallest absolute Gasteiger partial charge is 0.224 e. The Hall–Kier alpha value is -1.20. The third-order valence-electron chi connectivity index (χ3n) is 4.07. The molecule has 0 saturated carbocycles. The predicted octanol–water partition coefficient (Wildman–Crippen LogP) is 2.32. The molecule has 2 rings (SSSR count). The van der Waals surface area contributed by atoms with Crippen molar-refractivity contribution in [2.24, 2.45) is 0 Å². The fraction of sp³-hybridized carbons (Fsp3) is 0.750. The van der Waals surface area contributed by atoms with Crippen LogP contribution in [0.2, 0.25) is 0 Å². The van der Waals surface area contributed by atoms with Crippen LogP contribution in [0.1, 0.15) is 39.2 Å². The molecule has 0 radical (unpaired) electrons. The van der Waals surface area contributed by atoms with Crippen LogP contribution in [0.25, 0.3) is 0 Å². The van der Waals surface area contributed by atoms with Crippen molar-refractivity contribution >= 4 is 5.95 Å². The monoisotopic (exact) mass is 292 g/mol. The van der Waals surface area contributed by atoms with Gasteiger partial charge in [0.15, 0.2) is 0 Å². The van der Waals surface area contributed by atoms with Crippen molar-refractivity contribution < 1.29 is 4.74 Å². The van der Waals surface area contributed by atoms with E-state index in [9.17, 15) is 0 Å². The third kappa shape index (κ3) is 4.38. The number of rotatable bonds is 5. The van der Waals surface area contributed by atoms with Crippen LogP contribution in [0.4, 0.5) is 5.95 Å². The molecule has 1 atom stereocenters. The Bertz CT molecular complexity index is 444. The van der Waals surface area contributed by atoms with Gasteiger partial charge >= 0.3 is 0 Å². The van der Waals surface area contributed by atoms with Crippen molar-refractivity contribution in [2.75, 3.05) is 32.1 Å². The summed E-state index contributed by atoms with van der Waals surface area (Å²) in [6.07, 6.45) is 6.07. The minimum Gasteiger partial charge on any atom is -0.375 e. The van der Waals surface area contributed by atoms with E-state index in [1.54, 1.807) is 0 Å². The Morgan fingerprint density at radius 3 is 2.48 bits per heavy atom. The minimum absolute atomic E-state index is 0.0123. The van der Waals surface area contributed by atoms with Gasteiger partial charge in [0.05, 0.1) is 5.60 Å². The second-order valence-corrected chi connectivity index (χ2v) is 6.60. The molecule has 1 aliphatic heterocycles. The molecule has 5 heteroatoms. The first-order chi connectivity index (χ1) is 9.91. The second-order valence-electron chi connectivity index (χ2n) is 6.60. The molecule has 1 saturated heterocycles. The van der Waals surface area contributed by atoms with Crippen LogP contribution in [-0.4, -0.2) is 53.8 Å². The van der Waals surface area contributed by atoms with Gasteiger partial charge in [0.2, 0.25) is 5.95 Å². The van der Waals surface area contributed by atoms with Crippen LogP contribution < -0.4 is 4.90 Å². The van der Waals surface area contributed by atoms with E-state index in [-0.39, 0.29) is 5.60 Å². The second kappa shape index (κ2) is 6.71. The van der Waals surface area contributed by atoms with E-state index in [0.717, 1.165) is 38.5 Å². The zero-order valence-electron chi connectivity index (χ0n) is 14.0. The summed E-state index contributed by atoms with van der Waals surface area (Å²) in [6.45, 7) is 9.38. The fourth-order valence-electron chi connectivity index (χ4n) is 2.91. The molecular weight excluding hydrogens is 264 g/mol. The summed E-state index contributed by atoms with van der Waals surface area (Å²) < 4.78 is 5.83. The molecule has 118 valence electrons. The average Bonchev–Trinajstić information content (AvgIpc) is 2.44. The Labute approximate surface area is 128 Å². The summed E-state index contributed by atoms with van der Waals surface area (Å²) in [6, 6.07) is 0.576. The highest BCUT2D eigenvalue weighted by Gasteiger charge is 2.31. The molecule has 0 aromatic carbocycles. The van der Waals surface area contributed by atoms with Crippen molar-refractivity contribution in [1.82, 2.24) is 14.9 Å². The Morgan fingerprint density at radius 2 is 1.95 bits per heavy atom. The first kappa shape index (κ1) is 16.2. The van der Waals surface area contributed by atoms with Gasteiger partial charge in [-0.1, -0.05) is 6.92 Å². The van der Waals surface area contributed by atoms with E-state index < -0.39 is 0 Å². The number of nitrogens with zero attached hydrogens (tertiary/aromatic N) is 4. The van der Waals surface area contributed by atoms with Crippen LogP contribution in [0.3, 0.4) is 0 Å². The van der Waals surface area contributed by atoms with E-state index in [2.05, 4.69) is 35.6 Å². The largest absolute Gasteiger partial charge is 0.375 e. The van der Waals surface area contributed by atoms with Gasteiger partial charge in [0, 0.05) is 51.2 Å². The maximum atomic E-state index is 5.83. The van der Waals surface area contributed by atoms with E-state index in [0.29, 0.717) is 6.04 Å². The maximum absolute atomic E-state index is 5.83. The van der Waals surface area contributed by atoms with Crippen molar-refractivity contribution in [1.29, 1.82) is 0 Å². The fourth-order valence-corrected chi connectivity index (χ4v) is 2.91. The van der Waals surface area contributed by atoms with Crippen molar-refractivity contribution in [2.45, 2.75) is 51.8 Å². The van der Waals surface area contributed by atoms with E-state index in [1.807, 2.05) is 31.4 Å². The van der Waals surface area contributed by atoms with Gasteiger partial charge < -0.3 is 9.64 Å². The summed E-state index contributed by atoms with van der Waals surface area (Å²) in [7, 11) is 3.91. The molecule has 0 spiro atoms. The number of ether oxygens (including phenoxy) is 1. The van der Waals surface area contributed by atoms with Gasteiger partial charge in [-0.15, -0.1) is 0 Å². The van der Waals surface area contributed by atoms with Crippen LogP contribution >= 0.6 is 0 Å². The average molecular weight is 292 g/mol. The molecule has 0 N–H and O–H groups in total. The van der Waals surface area contributed by atoms with Crippen molar-refractivity contribution in [3.8, 4) is 0 Å². The van der Waals surface area contributed by atoms with Gasteiger partial charge in [0.1, 0.15) is 0 Å². The standard InChI is InChI=1S/C16H28N4O/c1-6-20(14-7-8-21-16(2,3)9-14)12-13-10-17-15(18-11-13)19(4)5/h10-11,14H,6-9,12H2,1-5H3. The van der Waals surface area contributed by atoms with Crippen LogP contribution in [0, 0.1) is 0 Å². The first-order valence-corrected chi connectivity index (χ1v) is 7.77. The molecule has 1 unspecified atom stereocenters. The summed E-state index contributed by atoms with van der Waals surface area (Å²) >= 11 is 0. The van der Waals surface area contributed by atoms with Crippen molar-refractivity contribution in [3.05, 3.63) is 18.0 Å². The van der Waals surface area contributed by atoms with Crippen LogP contribution in [0.15, 0.2) is 12.4 Å². The summed E-state index contributed by atoms with van der Waals surface area (Å²) in [5, 5.41) is 0. The lowest BCUT2D eigenvalue weighted by atomic mass is 9.92. The molecule has 0 amide bonds. The van der Waals surface area contributed by atoms with Gasteiger partial charge in [-0.3, -0.25) is 4.90 Å². The SMILES string of the molecule is CCN(Cc1cnc(N(C)C)nc1)C1CCOC(C)(C)C1. The third-order valence-corrected chi connectivity index (χ3v) is 4.07. The molecule has 21 heavy (non-hydrogen) atoms. The van der Waals surface area contributed by atoms with Crippen LogP contribution in [0.5, 0.6) is 0 Å². The lowest BCUT2D eigenvalue weighted by Gasteiger charge is -2.41. The number of anilines is 1. The van der Waals surface area contributed by atoms with Crippen molar-refractivity contribution in [3.63, 3.8) is 0 Å². The lowest BCUT2D eigenvalue weighted by molar-refractivity contribution is -0.0838. The summed E-state index contributed by atoms with van der Waals surface area (Å²) in [5.41, 5.74) is 1.16. The maximum Gasteiger partial charge on any atom is 0.224 e. The van der Waals surface area contributed by atoms with Gasteiger partial charge in [-0.25, -0.2) is 9.97 Å². The Kier molecular flexibility index (Phi) is 5.17. The lowest BCUT2D eigenvalue weighted by Crippen LogP contribution is -2.45. The zero-order chi connectivity index (χ0) is 15.5. The molecule has 1 aliphatic rings. The Morgan fingerprint density at radius 1 is 1.29 bits per heavy atom.